The number of hydrogen-bond acceptors (Lipinski definition) is 3. The molecule has 10 heavy (non-hydrogen) atoms. The summed E-state index contributed by atoms with van der Waals surface area (Å²) < 4.78 is 0. The van der Waals surface area contributed by atoms with Crippen LogP contribution in [0.15, 0.2) is 11.6 Å². The Bertz CT molecular complexity index is 169. The van der Waals surface area contributed by atoms with Gasteiger partial charge in [0.15, 0.2) is 0 Å². The van der Waals surface area contributed by atoms with Crippen molar-refractivity contribution in [2.75, 3.05) is 5.88 Å². The third-order valence-corrected chi connectivity index (χ3v) is 2.19. The number of rotatable bonds is 2. The van der Waals surface area contributed by atoms with Crippen molar-refractivity contribution in [2.24, 2.45) is 0 Å². The molecule has 1 atom stereocenters. The molecule has 1 aliphatic rings. The fourth-order valence-corrected chi connectivity index (χ4v) is 1.49. The maximum absolute atomic E-state index is 10.4. The van der Waals surface area contributed by atoms with Crippen molar-refractivity contribution in [3.63, 3.8) is 0 Å². The highest BCUT2D eigenvalue weighted by Crippen LogP contribution is 2.17. The van der Waals surface area contributed by atoms with E-state index in [1.165, 1.54) is 0 Å². The summed E-state index contributed by atoms with van der Waals surface area (Å²) >= 11 is 1.61. The summed E-state index contributed by atoms with van der Waals surface area (Å²) in [5.41, 5.74) is 0. The molecule has 1 aliphatic heterocycles. The molecule has 0 aromatic carbocycles. The number of hydrogen-bond donors (Lipinski definition) is 1. The number of carboxylic acid groups (broad SMARTS) is 1. The first-order valence-electron chi connectivity index (χ1n) is 2.98. The fourth-order valence-electron chi connectivity index (χ4n) is 0.676. The third-order valence-electron chi connectivity index (χ3n) is 1.43. The zero-order valence-corrected chi connectivity index (χ0v) is 6.47. The van der Waals surface area contributed by atoms with Gasteiger partial charge >= 0.3 is 5.97 Å². The monoisotopic (exact) mass is 159 g/mol. The summed E-state index contributed by atoms with van der Waals surface area (Å²) in [5, 5.41) is 10.5. The van der Waals surface area contributed by atoms with Crippen LogP contribution in [-0.4, -0.2) is 27.9 Å². The second-order valence-corrected chi connectivity index (χ2v) is 2.97. The van der Waals surface area contributed by atoms with Gasteiger partial charge in [-0.2, -0.15) is 0 Å². The Labute approximate surface area is 63.7 Å². The zero-order valence-electron chi connectivity index (χ0n) is 5.65. The molecule has 0 fully saturated rings. The zero-order chi connectivity index (χ0) is 7.56. The van der Waals surface area contributed by atoms with E-state index in [0.717, 1.165) is 5.88 Å². The van der Waals surface area contributed by atoms with Crippen LogP contribution in [0.1, 0.15) is 6.92 Å². The summed E-state index contributed by atoms with van der Waals surface area (Å²) in [5.74, 6) is -0.0138. The Kier molecular flexibility index (Phi) is 2.21. The normalized spacial score (nSPS) is 19.5. The topological polar surface area (TPSA) is 40.5 Å². The molecular weight excluding hydrogens is 150 g/mol. The lowest BCUT2D eigenvalue weighted by Crippen LogP contribution is -2.32. The molecule has 0 aliphatic carbocycles. The molecule has 1 rings (SSSR count). The first kappa shape index (κ1) is 7.47. The van der Waals surface area contributed by atoms with Crippen molar-refractivity contribution < 1.29 is 9.90 Å². The second kappa shape index (κ2) is 2.96. The van der Waals surface area contributed by atoms with Crippen LogP contribution in [0, 0.1) is 0 Å². The van der Waals surface area contributed by atoms with Crippen molar-refractivity contribution in [2.45, 2.75) is 13.0 Å². The van der Waals surface area contributed by atoms with Crippen molar-refractivity contribution in [1.29, 1.82) is 0 Å². The van der Waals surface area contributed by atoms with Crippen LogP contribution in [0.4, 0.5) is 0 Å². The standard InChI is InChI=1S/C6H9NO2S/c1-5(6(8)9)7-2-3-10-4-7/h2-3,5H,4H2,1H3,(H,8,9). The maximum Gasteiger partial charge on any atom is 0.326 e. The number of nitrogens with zero attached hydrogens (tertiary/aromatic N) is 1. The van der Waals surface area contributed by atoms with E-state index in [4.69, 9.17) is 5.11 Å². The van der Waals surface area contributed by atoms with Crippen LogP contribution in [0.25, 0.3) is 0 Å². The van der Waals surface area contributed by atoms with Crippen LogP contribution in [0.2, 0.25) is 0 Å². The van der Waals surface area contributed by atoms with Crippen LogP contribution in [0.3, 0.4) is 0 Å². The molecular formula is C6H9NO2S. The molecule has 0 radical (unpaired) electrons. The van der Waals surface area contributed by atoms with Crippen LogP contribution >= 0.6 is 11.8 Å². The SMILES string of the molecule is CC(C(=O)O)N1C=CSC1. The van der Waals surface area contributed by atoms with E-state index in [2.05, 4.69) is 0 Å². The van der Waals surface area contributed by atoms with Gasteiger partial charge in [0.25, 0.3) is 0 Å². The van der Waals surface area contributed by atoms with Gasteiger partial charge in [0.05, 0.1) is 5.88 Å². The Hall–Kier alpha value is -0.640. The van der Waals surface area contributed by atoms with Crippen LogP contribution in [0.5, 0.6) is 0 Å². The molecule has 1 heterocycles. The van der Waals surface area contributed by atoms with Crippen LogP contribution < -0.4 is 0 Å². The predicted molar refractivity (Wildman–Crippen MR) is 40.5 cm³/mol. The predicted octanol–water partition coefficient (Wildman–Crippen LogP) is 0.937. The quantitative estimate of drug-likeness (QED) is 0.651. The molecule has 0 amide bonds. The molecule has 56 valence electrons. The van der Waals surface area contributed by atoms with Gasteiger partial charge in [-0.3, -0.25) is 0 Å². The van der Waals surface area contributed by atoms with Crippen molar-refractivity contribution in [3.8, 4) is 0 Å². The van der Waals surface area contributed by atoms with E-state index in [9.17, 15) is 4.79 Å². The molecule has 4 heteroatoms. The van der Waals surface area contributed by atoms with Gasteiger partial charge in [-0.25, -0.2) is 4.79 Å². The summed E-state index contributed by atoms with van der Waals surface area (Å²) in [6, 6.07) is -0.397. The lowest BCUT2D eigenvalue weighted by Gasteiger charge is -2.18. The highest BCUT2D eigenvalue weighted by atomic mass is 32.2. The molecule has 0 spiro atoms. The molecule has 0 saturated carbocycles. The highest BCUT2D eigenvalue weighted by molar-refractivity contribution is 8.02. The van der Waals surface area contributed by atoms with E-state index in [1.54, 1.807) is 23.6 Å². The van der Waals surface area contributed by atoms with Crippen molar-refractivity contribution >= 4 is 17.7 Å². The molecule has 1 N–H and O–H groups in total. The third kappa shape index (κ3) is 1.44. The Balaban J connectivity index is 2.48. The summed E-state index contributed by atoms with van der Waals surface area (Å²) in [7, 11) is 0. The van der Waals surface area contributed by atoms with Gasteiger partial charge in [0.1, 0.15) is 6.04 Å². The minimum atomic E-state index is -0.771. The Morgan fingerprint density at radius 1 is 1.90 bits per heavy atom. The highest BCUT2D eigenvalue weighted by Gasteiger charge is 2.18. The van der Waals surface area contributed by atoms with Crippen molar-refractivity contribution in [3.05, 3.63) is 11.6 Å². The fraction of sp³-hybridized carbons (Fsp3) is 0.500. The summed E-state index contributed by atoms with van der Waals surface area (Å²) in [6.45, 7) is 1.68. The number of carboxylic acids is 1. The molecule has 3 nitrogen and oxygen atoms in total. The van der Waals surface area contributed by atoms with E-state index in [-0.39, 0.29) is 0 Å². The van der Waals surface area contributed by atoms with Gasteiger partial charge in [0, 0.05) is 6.20 Å². The second-order valence-electron chi connectivity index (χ2n) is 2.11. The van der Waals surface area contributed by atoms with E-state index >= 15 is 0 Å². The largest absolute Gasteiger partial charge is 0.480 e. The molecule has 0 aromatic rings. The smallest absolute Gasteiger partial charge is 0.326 e. The lowest BCUT2D eigenvalue weighted by atomic mass is 10.3. The Morgan fingerprint density at radius 3 is 3.00 bits per heavy atom. The molecule has 0 bridgehead atoms. The average molecular weight is 159 g/mol. The van der Waals surface area contributed by atoms with Gasteiger partial charge in [0.2, 0.25) is 0 Å². The first-order valence-corrected chi connectivity index (χ1v) is 4.03. The van der Waals surface area contributed by atoms with E-state index in [1.807, 2.05) is 11.6 Å². The lowest BCUT2D eigenvalue weighted by molar-refractivity contribution is -0.141. The van der Waals surface area contributed by atoms with Gasteiger partial charge in [-0.05, 0) is 12.3 Å². The Morgan fingerprint density at radius 2 is 2.60 bits per heavy atom. The van der Waals surface area contributed by atoms with E-state index < -0.39 is 12.0 Å². The van der Waals surface area contributed by atoms with E-state index in [0.29, 0.717) is 0 Å². The van der Waals surface area contributed by atoms with Gasteiger partial charge < -0.3 is 10.0 Å². The minimum absolute atomic E-state index is 0.397. The van der Waals surface area contributed by atoms with Crippen LogP contribution in [-0.2, 0) is 4.79 Å². The molecule has 0 aromatic heterocycles. The summed E-state index contributed by atoms with van der Waals surface area (Å²) in [6.07, 6.45) is 1.81. The maximum atomic E-state index is 10.4. The minimum Gasteiger partial charge on any atom is -0.480 e. The molecule has 0 saturated heterocycles. The first-order chi connectivity index (χ1) is 4.72. The number of thioether (sulfide) groups is 1. The number of aliphatic carboxylic acids is 1. The van der Waals surface area contributed by atoms with Crippen molar-refractivity contribution in [1.82, 2.24) is 4.90 Å². The summed E-state index contributed by atoms with van der Waals surface area (Å²) in [4.78, 5) is 12.2. The van der Waals surface area contributed by atoms with Gasteiger partial charge in [-0.15, -0.1) is 11.8 Å². The molecule has 1 unspecified atom stereocenters. The average Bonchev–Trinajstić information content (AvgIpc) is 2.36. The number of carbonyl (C=O) groups is 1. The van der Waals surface area contributed by atoms with Gasteiger partial charge in [-0.1, -0.05) is 0 Å².